The van der Waals surface area contributed by atoms with Crippen molar-refractivity contribution < 1.29 is 9.66 Å². The smallest absolute Gasteiger partial charge is 0.331 e. The molecule has 0 bridgehead atoms. The molecule has 0 unspecified atom stereocenters. The van der Waals surface area contributed by atoms with E-state index >= 15 is 0 Å². The number of hydrogen-bond donors (Lipinski definition) is 1. The summed E-state index contributed by atoms with van der Waals surface area (Å²) in [6, 6.07) is 13.8. The maximum Gasteiger partial charge on any atom is 0.331 e. The summed E-state index contributed by atoms with van der Waals surface area (Å²) >= 11 is 0. The van der Waals surface area contributed by atoms with Gasteiger partial charge in [-0.25, -0.2) is 4.98 Å². The van der Waals surface area contributed by atoms with Gasteiger partial charge in [-0.2, -0.15) is 15.8 Å². The fourth-order valence-corrected chi connectivity index (χ4v) is 1.78. The van der Waals surface area contributed by atoms with E-state index in [-0.39, 0.29) is 28.6 Å². The Morgan fingerprint density at radius 1 is 1.16 bits per heavy atom. The van der Waals surface area contributed by atoms with Crippen LogP contribution in [0.2, 0.25) is 0 Å². The van der Waals surface area contributed by atoms with Crippen LogP contribution in [0.3, 0.4) is 0 Å². The molecule has 25 heavy (non-hydrogen) atoms. The van der Waals surface area contributed by atoms with Crippen molar-refractivity contribution in [1.29, 1.82) is 15.8 Å². The number of rotatable bonds is 5. The Hall–Kier alpha value is -4.42. The predicted molar refractivity (Wildman–Crippen MR) is 84.9 cm³/mol. The van der Waals surface area contributed by atoms with Gasteiger partial charge in [0.15, 0.2) is 5.57 Å². The number of pyridine rings is 1. The highest BCUT2D eigenvalue weighted by Gasteiger charge is 2.16. The van der Waals surface area contributed by atoms with E-state index in [0.29, 0.717) is 5.69 Å². The topological polar surface area (TPSA) is 149 Å². The van der Waals surface area contributed by atoms with Crippen LogP contribution in [0.25, 0.3) is 0 Å². The van der Waals surface area contributed by atoms with Gasteiger partial charge in [-0.05, 0) is 18.2 Å². The van der Waals surface area contributed by atoms with Crippen LogP contribution >= 0.6 is 0 Å². The lowest BCUT2D eigenvalue weighted by atomic mass is 10.2. The van der Waals surface area contributed by atoms with Crippen molar-refractivity contribution in [3.63, 3.8) is 0 Å². The van der Waals surface area contributed by atoms with Crippen molar-refractivity contribution in [3.05, 3.63) is 64.0 Å². The van der Waals surface area contributed by atoms with Crippen molar-refractivity contribution >= 4 is 11.4 Å². The van der Waals surface area contributed by atoms with E-state index in [1.165, 1.54) is 30.5 Å². The molecule has 0 amide bonds. The molecule has 2 rings (SSSR count). The summed E-state index contributed by atoms with van der Waals surface area (Å²) in [5, 5.41) is 40.3. The first-order chi connectivity index (χ1) is 12.1. The van der Waals surface area contributed by atoms with Crippen LogP contribution in [0, 0.1) is 44.1 Å². The molecule has 1 heterocycles. The van der Waals surface area contributed by atoms with Gasteiger partial charge in [0.2, 0.25) is 0 Å². The lowest BCUT2D eigenvalue weighted by Gasteiger charge is -2.08. The lowest BCUT2D eigenvalue weighted by Crippen LogP contribution is -2.01. The minimum absolute atomic E-state index is 0.185. The van der Waals surface area contributed by atoms with E-state index in [2.05, 4.69) is 10.3 Å². The average molecular weight is 332 g/mol. The molecule has 0 aliphatic heterocycles. The molecule has 0 saturated heterocycles. The number of nitrogens with one attached hydrogen (secondary N) is 1. The number of ether oxygens (including phenoxy) is 1. The van der Waals surface area contributed by atoms with Crippen LogP contribution in [0.1, 0.15) is 0 Å². The minimum Gasteiger partial charge on any atom is -0.434 e. The van der Waals surface area contributed by atoms with Crippen molar-refractivity contribution in [2.45, 2.75) is 0 Å². The molecule has 1 aromatic carbocycles. The zero-order valence-corrected chi connectivity index (χ0v) is 12.5. The van der Waals surface area contributed by atoms with E-state index < -0.39 is 4.92 Å². The normalized spacial score (nSPS) is 9.00. The van der Waals surface area contributed by atoms with E-state index in [4.69, 9.17) is 20.5 Å². The first-order valence-electron chi connectivity index (χ1n) is 6.68. The quantitative estimate of drug-likeness (QED) is 0.498. The number of anilines is 1. The molecule has 0 spiro atoms. The molecular formula is C16H8N6O3. The molecule has 0 radical (unpaired) electrons. The fraction of sp³-hybridized carbons (Fsp3) is 0. The van der Waals surface area contributed by atoms with Crippen LogP contribution in [-0.4, -0.2) is 9.91 Å². The number of benzene rings is 1. The third kappa shape index (κ3) is 4.07. The average Bonchev–Trinajstić information content (AvgIpc) is 2.62. The standard InChI is InChI=1S/C16H8N6O3/c17-8-11(9-18)14(10-19)21-12-3-1-4-13(7-12)25-16-15(22(23)24)5-2-6-20-16/h1-7,21H. The zero-order valence-electron chi connectivity index (χ0n) is 12.5. The molecule has 0 saturated carbocycles. The molecule has 0 fully saturated rings. The highest BCUT2D eigenvalue weighted by atomic mass is 16.6. The third-order valence-electron chi connectivity index (χ3n) is 2.85. The zero-order chi connectivity index (χ0) is 18.2. The van der Waals surface area contributed by atoms with Gasteiger partial charge in [0.25, 0.3) is 5.88 Å². The summed E-state index contributed by atoms with van der Waals surface area (Å²) in [5.41, 5.74) is -0.523. The van der Waals surface area contributed by atoms with Crippen molar-refractivity contribution in [3.8, 4) is 29.8 Å². The maximum atomic E-state index is 11.0. The van der Waals surface area contributed by atoms with Crippen LogP contribution in [0.15, 0.2) is 53.9 Å². The highest BCUT2D eigenvalue weighted by Crippen LogP contribution is 2.29. The first kappa shape index (κ1) is 16.9. The number of aromatic nitrogens is 1. The Kier molecular flexibility index (Phi) is 5.24. The lowest BCUT2D eigenvalue weighted by molar-refractivity contribution is -0.386. The van der Waals surface area contributed by atoms with Gasteiger partial charge in [-0.15, -0.1) is 0 Å². The SMILES string of the molecule is N#CC(C#N)=C(C#N)Nc1cccc(Oc2ncccc2[N+](=O)[O-])c1. The van der Waals surface area contributed by atoms with Crippen LogP contribution in [0.5, 0.6) is 11.6 Å². The molecule has 1 N–H and O–H groups in total. The van der Waals surface area contributed by atoms with E-state index in [0.717, 1.165) is 0 Å². The molecule has 9 nitrogen and oxygen atoms in total. The van der Waals surface area contributed by atoms with E-state index in [9.17, 15) is 10.1 Å². The van der Waals surface area contributed by atoms with E-state index in [1.54, 1.807) is 30.3 Å². The number of nitrogens with zero attached hydrogens (tertiary/aromatic N) is 5. The summed E-state index contributed by atoms with van der Waals surface area (Å²) in [6.07, 6.45) is 1.35. The molecule has 1 aromatic heterocycles. The number of allylic oxidation sites excluding steroid dienone is 2. The van der Waals surface area contributed by atoms with Crippen molar-refractivity contribution in [2.24, 2.45) is 0 Å². The monoisotopic (exact) mass is 332 g/mol. The predicted octanol–water partition coefficient (Wildman–Crippen LogP) is 3.02. The Balaban J connectivity index is 2.31. The Bertz CT molecular complexity index is 962. The van der Waals surface area contributed by atoms with Gasteiger partial charge < -0.3 is 10.1 Å². The molecule has 9 heteroatoms. The van der Waals surface area contributed by atoms with E-state index in [1.807, 2.05) is 0 Å². The van der Waals surface area contributed by atoms with Crippen LogP contribution in [0.4, 0.5) is 11.4 Å². The van der Waals surface area contributed by atoms with Gasteiger partial charge in [-0.3, -0.25) is 10.1 Å². The number of nitriles is 3. The molecule has 0 atom stereocenters. The van der Waals surface area contributed by atoms with Crippen LogP contribution in [-0.2, 0) is 0 Å². The van der Waals surface area contributed by atoms with Crippen LogP contribution < -0.4 is 10.1 Å². The third-order valence-corrected chi connectivity index (χ3v) is 2.85. The van der Waals surface area contributed by atoms with Gasteiger partial charge in [0, 0.05) is 24.0 Å². The Morgan fingerprint density at radius 3 is 2.56 bits per heavy atom. The van der Waals surface area contributed by atoms with Gasteiger partial charge in [0.1, 0.15) is 29.7 Å². The Labute approximate surface area is 141 Å². The van der Waals surface area contributed by atoms with Crippen molar-refractivity contribution in [2.75, 3.05) is 5.32 Å². The van der Waals surface area contributed by atoms with Gasteiger partial charge in [0.05, 0.1) is 4.92 Å². The molecule has 0 aliphatic carbocycles. The summed E-state index contributed by atoms with van der Waals surface area (Å²) in [7, 11) is 0. The summed E-state index contributed by atoms with van der Waals surface area (Å²) in [4.78, 5) is 14.2. The first-order valence-corrected chi connectivity index (χ1v) is 6.68. The molecule has 0 aliphatic rings. The molecule has 120 valence electrons. The molecule has 2 aromatic rings. The number of nitro groups is 1. The molecular weight excluding hydrogens is 324 g/mol. The van der Waals surface area contributed by atoms with Gasteiger partial charge in [-0.1, -0.05) is 6.07 Å². The fourth-order valence-electron chi connectivity index (χ4n) is 1.78. The maximum absolute atomic E-state index is 11.0. The highest BCUT2D eigenvalue weighted by molar-refractivity contribution is 5.60. The second-order valence-electron chi connectivity index (χ2n) is 4.43. The number of hydrogen-bond acceptors (Lipinski definition) is 8. The van der Waals surface area contributed by atoms with Crippen molar-refractivity contribution in [1.82, 2.24) is 4.98 Å². The second kappa shape index (κ2) is 7.73. The Morgan fingerprint density at radius 2 is 1.92 bits per heavy atom. The summed E-state index contributed by atoms with van der Waals surface area (Å²) in [6.45, 7) is 0. The van der Waals surface area contributed by atoms with Gasteiger partial charge >= 0.3 is 5.69 Å². The summed E-state index contributed by atoms with van der Waals surface area (Å²) in [5.74, 6) is 0.0370. The summed E-state index contributed by atoms with van der Waals surface area (Å²) < 4.78 is 5.42. The largest absolute Gasteiger partial charge is 0.434 e. The minimum atomic E-state index is -0.618. The second-order valence-corrected chi connectivity index (χ2v) is 4.43.